The van der Waals surface area contributed by atoms with Gasteiger partial charge in [0, 0.05) is 24.0 Å². The number of hydrogen-bond donors (Lipinski definition) is 0. The van der Waals surface area contributed by atoms with E-state index in [1.807, 2.05) is 0 Å². The van der Waals surface area contributed by atoms with E-state index >= 15 is 0 Å². The molecule has 0 aromatic heterocycles. The summed E-state index contributed by atoms with van der Waals surface area (Å²) in [5, 5.41) is 0. The van der Waals surface area contributed by atoms with Gasteiger partial charge in [-0.1, -0.05) is 38.1 Å². The van der Waals surface area contributed by atoms with Gasteiger partial charge < -0.3 is 9.47 Å². The molecule has 0 saturated carbocycles. The Morgan fingerprint density at radius 3 is 1.04 bits per heavy atom. The Morgan fingerprint density at radius 1 is 0.571 bits per heavy atom. The normalized spacial score (nSPS) is 9.57. The molecule has 0 fully saturated rings. The summed E-state index contributed by atoms with van der Waals surface area (Å²) in [7, 11) is 2.65. The van der Waals surface area contributed by atoms with Crippen molar-refractivity contribution >= 4 is 23.5 Å². The molecule has 148 valence electrons. The molecule has 0 aliphatic rings. The Morgan fingerprint density at radius 2 is 0.821 bits per heavy atom. The minimum atomic E-state index is -0.388. The number of rotatable bonds is 6. The maximum absolute atomic E-state index is 11.2. The summed E-state index contributed by atoms with van der Waals surface area (Å²) in [4.78, 5) is 44.6. The highest BCUT2D eigenvalue weighted by molar-refractivity contribution is 5.98. The minimum absolute atomic E-state index is 0.0708. The lowest BCUT2D eigenvalue weighted by molar-refractivity contribution is 0.0592. The van der Waals surface area contributed by atoms with Crippen molar-refractivity contribution in [2.24, 2.45) is 0 Å². The predicted molar refractivity (Wildman–Crippen MR) is 105 cm³/mol. The van der Waals surface area contributed by atoms with Gasteiger partial charge in [-0.05, 0) is 24.3 Å². The number of benzene rings is 2. The van der Waals surface area contributed by atoms with E-state index < -0.39 is 0 Å². The van der Waals surface area contributed by atoms with Crippen molar-refractivity contribution in [3.8, 4) is 0 Å². The summed E-state index contributed by atoms with van der Waals surface area (Å²) in [5.41, 5.74) is 2.17. The van der Waals surface area contributed by atoms with Crippen LogP contribution in [0.4, 0.5) is 0 Å². The SMILES string of the molecule is CCC(=O)c1ccc(C(=O)OC)cc1.CCC(=O)c1ccc(C(=O)OC)cc1. The lowest BCUT2D eigenvalue weighted by Crippen LogP contribution is -2.02. The zero-order valence-electron chi connectivity index (χ0n) is 16.5. The summed E-state index contributed by atoms with van der Waals surface area (Å²) >= 11 is 0. The molecule has 0 aliphatic carbocycles. The van der Waals surface area contributed by atoms with E-state index in [0.717, 1.165) is 0 Å². The number of hydrogen-bond acceptors (Lipinski definition) is 6. The molecule has 6 heteroatoms. The highest BCUT2D eigenvalue weighted by Crippen LogP contribution is 2.08. The topological polar surface area (TPSA) is 86.7 Å². The number of Topliss-reactive ketones (excluding diaryl/α,β-unsaturated/α-hetero) is 2. The van der Waals surface area contributed by atoms with Crippen LogP contribution in [0.15, 0.2) is 48.5 Å². The van der Waals surface area contributed by atoms with E-state index in [2.05, 4.69) is 9.47 Å². The highest BCUT2D eigenvalue weighted by atomic mass is 16.5. The van der Waals surface area contributed by atoms with Gasteiger partial charge in [0.05, 0.1) is 25.3 Å². The average Bonchev–Trinajstić information content (AvgIpc) is 2.77. The Bertz CT molecular complexity index is 678. The van der Waals surface area contributed by atoms with E-state index in [4.69, 9.17) is 0 Å². The van der Waals surface area contributed by atoms with Crippen molar-refractivity contribution in [3.63, 3.8) is 0 Å². The quantitative estimate of drug-likeness (QED) is 0.550. The van der Waals surface area contributed by atoms with Crippen LogP contribution >= 0.6 is 0 Å². The lowest BCUT2D eigenvalue weighted by Gasteiger charge is -2.00. The van der Waals surface area contributed by atoms with Gasteiger partial charge in [-0.15, -0.1) is 0 Å². The van der Waals surface area contributed by atoms with Gasteiger partial charge in [0.25, 0.3) is 0 Å². The summed E-state index contributed by atoms with van der Waals surface area (Å²) < 4.78 is 9.08. The maximum Gasteiger partial charge on any atom is 0.337 e. The largest absolute Gasteiger partial charge is 0.465 e. The molecule has 0 N–H and O–H groups in total. The van der Waals surface area contributed by atoms with Gasteiger partial charge in [0.15, 0.2) is 11.6 Å². The smallest absolute Gasteiger partial charge is 0.337 e. The summed E-state index contributed by atoms with van der Waals surface area (Å²) in [5.74, 6) is -0.635. The van der Waals surface area contributed by atoms with E-state index in [1.165, 1.54) is 14.2 Å². The Kier molecular flexibility index (Phi) is 9.30. The molecule has 0 atom stereocenters. The van der Waals surface area contributed by atoms with Crippen molar-refractivity contribution in [2.45, 2.75) is 26.7 Å². The van der Waals surface area contributed by atoms with Gasteiger partial charge in [0.1, 0.15) is 0 Å². The monoisotopic (exact) mass is 384 g/mol. The highest BCUT2D eigenvalue weighted by Gasteiger charge is 2.08. The van der Waals surface area contributed by atoms with Crippen LogP contribution in [0.2, 0.25) is 0 Å². The van der Waals surface area contributed by atoms with Crippen LogP contribution < -0.4 is 0 Å². The second kappa shape index (κ2) is 11.4. The first-order chi connectivity index (χ1) is 13.4. The van der Waals surface area contributed by atoms with Crippen molar-refractivity contribution in [1.29, 1.82) is 0 Å². The fourth-order valence-electron chi connectivity index (χ4n) is 2.23. The van der Waals surface area contributed by atoms with Gasteiger partial charge in [-0.3, -0.25) is 9.59 Å². The third-order valence-corrected chi connectivity index (χ3v) is 3.90. The second-order valence-corrected chi connectivity index (χ2v) is 5.69. The third kappa shape index (κ3) is 6.46. The van der Waals surface area contributed by atoms with Crippen LogP contribution in [0.3, 0.4) is 0 Å². The molecular weight excluding hydrogens is 360 g/mol. The predicted octanol–water partition coefficient (Wildman–Crippen LogP) is 4.13. The molecule has 6 nitrogen and oxygen atoms in total. The number of carbonyl (C=O) groups is 4. The van der Waals surface area contributed by atoms with E-state index in [0.29, 0.717) is 35.1 Å². The molecule has 0 saturated heterocycles. The van der Waals surface area contributed by atoms with Crippen LogP contribution in [0, 0.1) is 0 Å². The fraction of sp³-hybridized carbons (Fsp3) is 0.273. The van der Waals surface area contributed by atoms with E-state index in [1.54, 1.807) is 62.4 Å². The molecule has 2 aromatic carbocycles. The van der Waals surface area contributed by atoms with Gasteiger partial charge >= 0.3 is 11.9 Å². The minimum Gasteiger partial charge on any atom is -0.465 e. The Labute approximate surface area is 164 Å². The van der Waals surface area contributed by atoms with Crippen LogP contribution in [0.1, 0.15) is 68.1 Å². The number of esters is 2. The zero-order valence-corrected chi connectivity index (χ0v) is 16.5. The van der Waals surface area contributed by atoms with Crippen molar-refractivity contribution < 1.29 is 28.7 Å². The molecule has 28 heavy (non-hydrogen) atoms. The molecule has 0 amide bonds. The first kappa shape index (κ1) is 22.8. The van der Waals surface area contributed by atoms with Crippen LogP contribution in [-0.2, 0) is 9.47 Å². The maximum atomic E-state index is 11.2. The van der Waals surface area contributed by atoms with E-state index in [-0.39, 0.29) is 23.5 Å². The second-order valence-electron chi connectivity index (χ2n) is 5.69. The van der Waals surface area contributed by atoms with Gasteiger partial charge in [-0.2, -0.15) is 0 Å². The fourth-order valence-corrected chi connectivity index (χ4v) is 2.23. The standard InChI is InChI=1S/2C11H12O3/c2*1-3-10(12)8-4-6-9(7-5-8)11(13)14-2/h2*4-7H,3H2,1-2H3. The first-order valence-electron chi connectivity index (χ1n) is 8.81. The molecule has 2 rings (SSSR count). The van der Waals surface area contributed by atoms with E-state index in [9.17, 15) is 19.2 Å². The molecule has 0 heterocycles. The zero-order chi connectivity index (χ0) is 21.1. The number of methoxy groups -OCH3 is 2. The number of carbonyl (C=O) groups excluding carboxylic acids is 4. The molecule has 0 unspecified atom stereocenters. The van der Waals surface area contributed by atoms with Gasteiger partial charge in [0.2, 0.25) is 0 Å². The number of ketones is 2. The van der Waals surface area contributed by atoms with Crippen molar-refractivity contribution in [2.75, 3.05) is 14.2 Å². The van der Waals surface area contributed by atoms with Crippen LogP contribution in [-0.4, -0.2) is 37.7 Å². The molecule has 0 radical (unpaired) electrons. The average molecular weight is 384 g/mol. The van der Waals surface area contributed by atoms with Crippen molar-refractivity contribution in [3.05, 3.63) is 70.8 Å². The van der Waals surface area contributed by atoms with Crippen LogP contribution in [0.5, 0.6) is 0 Å². The summed E-state index contributed by atoms with van der Waals surface area (Å²) in [6, 6.07) is 12.9. The van der Waals surface area contributed by atoms with Gasteiger partial charge in [-0.25, -0.2) is 9.59 Å². The molecule has 2 aromatic rings. The van der Waals surface area contributed by atoms with Crippen LogP contribution in [0.25, 0.3) is 0 Å². The Balaban J connectivity index is 0.000000280. The summed E-state index contributed by atoms with van der Waals surface area (Å²) in [6.07, 6.45) is 0.940. The molecular formula is C22H24O6. The Hall–Kier alpha value is -3.28. The van der Waals surface area contributed by atoms with Crippen molar-refractivity contribution in [1.82, 2.24) is 0 Å². The molecule has 0 bridgehead atoms. The summed E-state index contributed by atoms with van der Waals surface area (Å²) in [6.45, 7) is 3.60. The molecule has 0 aliphatic heterocycles. The molecule has 0 spiro atoms. The number of ether oxygens (including phenoxy) is 2. The first-order valence-corrected chi connectivity index (χ1v) is 8.81. The lowest BCUT2D eigenvalue weighted by atomic mass is 10.1. The third-order valence-electron chi connectivity index (χ3n) is 3.90.